The van der Waals surface area contributed by atoms with Gasteiger partial charge in [0.25, 0.3) is 0 Å². The normalized spacial score (nSPS) is 11.0. The van der Waals surface area contributed by atoms with Crippen molar-refractivity contribution in [3.8, 4) is 0 Å². The monoisotopic (exact) mass is 524 g/mol. The molecule has 4 heterocycles. The Labute approximate surface area is 219 Å². The molecule has 7 N–H and O–H groups in total. The minimum Gasteiger partial charge on any atom is -0.472 e. The molecule has 196 valence electrons. The molecule has 0 atom stereocenters. The number of aryl methyl sites for hydroxylation is 2. The zero-order chi connectivity index (χ0) is 26.5. The fourth-order valence-electron chi connectivity index (χ4n) is 3.76. The number of nitrogen functional groups attached to an aromatic ring is 3. The lowest BCUT2D eigenvalue weighted by Crippen LogP contribution is -2.24. The quantitative estimate of drug-likeness (QED) is 0.223. The Morgan fingerprint density at radius 3 is 2.19 bits per heavy atom. The third-order valence-corrected chi connectivity index (χ3v) is 6.88. The lowest BCUT2D eigenvalue weighted by atomic mass is 10.1. The van der Waals surface area contributed by atoms with Crippen LogP contribution in [-0.2, 0) is 19.4 Å². The summed E-state index contributed by atoms with van der Waals surface area (Å²) in [6.07, 6.45) is 5.10. The molecule has 0 unspecified atom stereocenters. The highest BCUT2D eigenvalue weighted by atomic mass is 32.1. The summed E-state index contributed by atoms with van der Waals surface area (Å²) in [4.78, 5) is 31.5. The average molecular weight is 525 g/mol. The summed E-state index contributed by atoms with van der Waals surface area (Å²) in [5.74, 6) is 1.79. The molecule has 0 saturated heterocycles. The fourth-order valence-corrected chi connectivity index (χ4v) is 4.90. The van der Waals surface area contributed by atoms with E-state index in [9.17, 15) is 0 Å². The molecule has 0 aromatic carbocycles. The van der Waals surface area contributed by atoms with Crippen molar-refractivity contribution in [1.82, 2.24) is 29.9 Å². The number of nitrogens with two attached hydrogens (primary N) is 3. The minimum absolute atomic E-state index is 0.108. The van der Waals surface area contributed by atoms with Crippen molar-refractivity contribution in [2.75, 3.05) is 59.5 Å². The maximum atomic E-state index is 5.97. The number of anilines is 6. The zero-order valence-electron chi connectivity index (χ0n) is 21.4. The highest BCUT2D eigenvalue weighted by Gasteiger charge is 2.14. The van der Waals surface area contributed by atoms with Crippen LogP contribution in [0, 0.1) is 13.8 Å². The molecule has 0 aliphatic rings. The van der Waals surface area contributed by atoms with E-state index < -0.39 is 0 Å². The van der Waals surface area contributed by atoms with E-state index in [2.05, 4.69) is 48.2 Å². The summed E-state index contributed by atoms with van der Waals surface area (Å²) in [5.41, 5.74) is 20.9. The van der Waals surface area contributed by atoms with Crippen molar-refractivity contribution in [1.29, 1.82) is 0 Å². The molecule has 4 aromatic rings. The number of thiophene rings is 1. The van der Waals surface area contributed by atoms with Crippen LogP contribution >= 0.6 is 11.3 Å². The summed E-state index contributed by atoms with van der Waals surface area (Å²) < 4.78 is 5.23. The van der Waals surface area contributed by atoms with Gasteiger partial charge in [-0.05, 0) is 49.4 Å². The van der Waals surface area contributed by atoms with Gasteiger partial charge in [0.1, 0.15) is 0 Å². The molecule has 4 rings (SSSR count). The Morgan fingerprint density at radius 1 is 0.838 bits per heavy atom. The van der Waals surface area contributed by atoms with Crippen LogP contribution in [0.2, 0.25) is 0 Å². The van der Waals surface area contributed by atoms with E-state index in [4.69, 9.17) is 21.6 Å². The molecule has 0 radical (unpaired) electrons. The number of nitrogens with one attached hydrogen (secondary N) is 1. The van der Waals surface area contributed by atoms with Gasteiger partial charge in [0.05, 0.1) is 19.1 Å². The van der Waals surface area contributed by atoms with E-state index in [-0.39, 0.29) is 17.8 Å². The average Bonchev–Trinajstić information content (AvgIpc) is 3.40. The van der Waals surface area contributed by atoms with Gasteiger partial charge in [-0.15, -0.1) is 11.3 Å². The second-order valence-electron chi connectivity index (χ2n) is 8.75. The third kappa shape index (κ3) is 6.73. The molecule has 0 aliphatic carbocycles. The Hall–Kier alpha value is -4.20. The highest BCUT2D eigenvalue weighted by Crippen LogP contribution is 2.25. The molecule has 0 saturated carbocycles. The summed E-state index contributed by atoms with van der Waals surface area (Å²) in [6.45, 7) is 6.13. The predicted molar refractivity (Wildman–Crippen MR) is 147 cm³/mol. The molecule has 4 aromatic heterocycles. The van der Waals surface area contributed by atoms with E-state index in [0.29, 0.717) is 37.5 Å². The van der Waals surface area contributed by atoms with Gasteiger partial charge < -0.3 is 36.7 Å². The first-order valence-electron chi connectivity index (χ1n) is 11.7. The number of hydrogen-bond acceptors (Lipinski definition) is 14. The van der Waals surface area contributed by atoms with E-state index in [0.717, 1.165) is 24.0 Å². The number of rotatable bonds is 11. The molecule has 0 amide bonds. The minimum atomic E-state index is 0.108. The summed E-state index contributed by atoms with van der Waals surface area (Å²) in [5, 5.41) is 3.23. The van der Waals surface area contributed by atoms with Gasteiger partial charge in [0, 0.05) is 36.9 Å². The van der Waals surface area contributed by atoms with Crippen LogP contribution in [-0.4, -0.2) is 57.1 Å². The first-order valence-corrected chi connectivity index (χ1v) is 12.5. The highest BCUT2D eigenvalue weighted by molar-refractivity contribution is 7.12. The number of nitrogens with zero attached hydrogens (tertiary/aromatic N) is 8. The summed E-state index contributed by atoms with van der Waals surface area (Å²) in [6, 6.07) is 2.21. The van der Waals surface area contributed by atoms with E-state index in [1.54, 1.807) is 23.9 Å². The molecular formula is C23H32N12OS. The Morgan fingerprint density at radius 2 is 1.51 bits per heavy atom. The maximum absolute atomic E-state index is 5.97. The maximum Gasteiger partial charge on any atom is 0.232 e. The first kappa shape index (κ1) is 25.9. The Balaban J connectivity index is 1.35. The SMILES string of the molecule is Cc1cocc1CCNc1nc(N)nc(N(C)Cc2cc(CCN(C)c3nc(N)nc(N)n3)c(C)s2)n1. The first-order chi connectivity index (χ1) is 17.7. The van der Waals surface area contributed by atoms with Crippen LogP contribution in [0.3, 0.4) is 0 Å². The van der Waals surface area contributed by atoms with Gasteiger partial charge >= 0.3 is 0 Å². The van der Waals surface area contributed by atoms with Crippen molar-refractivity contribution in [2.24, 2.45) is 0 Å². The van der Waals surface area contributed by atoms with Crippen molar-refractivity contribution >= 4 is 47.0 Å². The number of aromatic nitrogens is 6. The molecule has 14 heteroatoms. The lowest BCUT2D eigenvalue weighted by molar-refractivity contribution is 0.562. The predicted octanol–water partition coefficient (Wildman–Crippen LogP) is 2.04. The molecule has 0 spiro atoms. The molecule has 0 aliphatic heterocycles. The van der Waals surface area contributed by atoms with Gasteiger partial charge in [-0.3, -0.25) is 0 Å². The zero-order valence-corrected chi connectivity index (χ0v) is 22.2. The second-order valence-corrected chi connectivity index (χ2v) is 10.1. The number of likely N-dealkylation sites (N-methyl/N-ethyl adjacent to an activating group) is 1. The Kier molecular flexibility index (Phi) is 7.86. The molecule has 37 heavy (non-hydrogen) atoms. The Bertz CT molecular complexity index is 1330. The smallest absolute Gasteiger partial charge is 0.232 e. The standard InChI is InChI=1S/C23H32N12OS/c1-13-11-36-12-16(13)5-7-27-21-29-20(26)32-23(33-21)35(4)10-17-9-15(14(2)37-17)6-8-34(3)22-30-18(24)28-19(25)31-22/h9,11-12H,5-8,10H2,1-4H3,(H4,24,25,28,30,31)(H3,26,27,29,32,33). The van der Waals surface area contributed by atoms with E-state index >= 15 is 0 Å². The topological polar surface area (TPSA) is 187 Å². The summed E-state index contributed by atoms with van der Waals surface area (Å²) in [7, 11) is 3.84. The second kappa shape index (κ2) is 11.2. The van der Waals surface area contributed by atoms with Crippen molar-refractivity contribution < 1.29 is 4.42 Å². The van der Waals surface area contributed by atoms with Crippen LogP contribution in [0.4, 0.5) is 35.7 Å². The largest absolute Gasteiger partial charge is 0.472 e. The van der Waals surface area contributed by atoms with E-state index in [1.807, 2.05) is 30.8 Å². The van der Waals surface area contributed by atoms with Crippen LogP contribution in [0.25, 0.3) is 0 Å². The third-order valence-electron chi connectivity index (χ3n) is 5.80. The van der Waals surface area contributed by atoms with Crippen molar-refractivity contribution in [2.45, 2.75) is 33.2 Å². The van der Waals surface area contributed by atoms with Gasteiger partial charge in [0.15, 0.2) is 0 Å². The van der Waals surface area contributed by atoms with Gasteiger partial charge in [0.2, 0.25) is 35.7 Å². The van der Waals surface area contributed by atoms with Crippen LogP contribution in [0.15, 0.2) is 23.0 Å². The number of hydrogen-bond donors (Lipinski definition) is 4. The lowest BCUT2D eigenvalue weighted by Gasteiger charge is -2.17. The van der Waals surface area contributed by atoms with Crippen LogP contribution in [0.1, 0.15) is 26.4 Å². The van der Waals surface area contributed by atoms with Gasteiger partial charge in [-0.1, -0.05) is 0 Å². The molecule has 0 fully saturated rings. The van der Waals surface area contributed by atoms with Crippen molar-refractivity contribution in [3.63, 3.8) is 0 Å². The van der Waals surface area contributed by atoms with Crippen molar-refractivity contribution in [3.05, 3.63) is 45.0 Å². The van der Waals surface area contributed by atoms with Crippen LogP contribution < -0.4 is 32.3 Å². The van der Waals surface area contributed by atoms with Gasteiger partial charge in [-0.25, -0.2) is 0 Å². The van der Waals surface area contributed by atoms with E-state index in [1.165, 1.54) is 15.3 Å². The molecular weight excluding hydrogens is 492 g/mol. The molecule has 0 bridgehead atoms. The molecule has 13 nitrogen and oxygen atoms in total. The summed E-state index contributed by atoms with van der Waals surface area (Å²) >= 11 is 1.74. The number of furan rings is 1. The van der Waals surface area contributed by atoms with Crippen LogP contribution in [0.5, 0.6) is 0 Å². The van der Waals surface area contributed by atoms with Gasteiger partial charge in [-0.2, -0.15) is 29.9 Å². The fraction of sp³-hybridized carbons (Fsp3) is 0.391.